The van der Waals surface area contributed by atoms with Gasteiger partial charge in [-0.25, -0.2) is 4.39 Å². The van der Waals surface area contributed by atoms with E-state index >= 15 is 0 Å². The monoisotopic (exact) mass is 345 g/mol. The zero-order valence-electron chi connectivity index (χ0n) is 14.2. The second-order valence-electron chi connectivity index (χ2n) is 5.48. The number of aryl methyl sites for hydroxylation is 2. The van der Waals surface area contributed by atoms with Crippen LogP contribution < -0.4 is 10.1 Å². The van der Waals surface area contributed by atoms with Gasteiger partial charge in [0.15, 0.2) is 6.61 Å². The molecule has 0 radical (unpaired) electrons. The van der Waals surface area contributed by atoms with Crippen LogP contribution in [-0.4, -0.2) is 25.6 Å². The van der Waals surface area contributed by atoms with Gasteiger partial charge in [-0.2, -0.15) is 0 Å². The summed E-state index contributed by atoms with van der Waals surface area (Å²) < 4.78 is 23.6. The van der Waals surface area contributed by atoms with E-state index in [4.69, 9.17) is 9.47 Å². The molecule has 2 rings (SSSR count). The Morgan fingerprint density at radius 3 is 2.64 bits per heavy atom. The van der Waals surface area contributed by atoms with Gasteiger partial charge in [0.2, 0.25) is 0 Å². The number of halogens is 1. The van der Waals surface area contributed by atoms with Crippen LogP contribution in [0.2, 0.25) is 0 Å². The first-order valence-corrected chi connectivity index (χ1v) is 7.83. The third kappa shape index (κ3) is 5.60. The molecule has 0 aliphatic carbocycles. The highest BCUT2D eigenvalue weighted by Gasteiger charge is 2.10. The third-order valence-electron chi connectivity index (χ3n) is 3.61. The molecule has 0 heterocycles. The average Bonchev–Trinajstić information content (AvgIpc) is 2.61. The molecule has 5 nitrogen and oxygen atoms in total. The van der Waals surface area contributed by atoms with Gasteiger partial charge in [-0.1, -0.05) is 24.3 Å². The molecule has 0 fully saturated rings. The lowest BCUT2D eigenvalue weighted by Gasteiger charge is -2.09. The summed E-state index contributed by atoms with van der Waals surface area (Å²) in [6.45, 7) is 1.21. The number of benzene rings is 2. The van der Waals surface area contributed by atoms with Gasteiger partial charge in [0.25, 0.3) is 5.91 Å². The van der Waals surface area contributed by atoms with Crippen molar-refractivity contribution in [2.45, 2.75) is 19.8 Å². The maximum atomic E-state index is 13.4. The van der Waals surface area contributed by atoms with Crippen LogP contribution >= 0.6 is 0 Å². The maximum Gasteiger partial charge on any atom is 0.306 e. The van der Waals surface area contributed by atoms with Gasteiger partial charge in [0, 0.05) is 12.1 Å². The van der Waals surface area contributed by atoms with E-state index in [0.717, 1.165) is 5.56 Å². The van der Waals surface area contributed by atoms with Gasteiger partial charge in [-0.05, 0) is 42.7 Å². The van der Waals surface area contributed by atoms with Crippen LogP contribution in [-0.2, 0) is 20.7 Å². The summed E-state index contributed by atoms with van der Waals surface area (Å²) in [6.07, 6.45) is 0.584. The summed E-state index contributed by atoms with van der Waals surface area (Å²) in [5, 5.41) is 2.48. The largest absolute Gasteiger partial charge is 0.496 e. The van der Waals surface area contributed by atoms with Crippen LogP contribution in [0.4, 0.5) is 10.1 Å². The number of hydrogen-bond donors (Lipinski definition) is 1. The van der Waals surface area contributed by atoms with Crippen molar-refractivity contribution in [1.29, 1.82) is 0 Å². The van der Waals surface area contributed by atoms with Crippen molar-refractivity contribution in [3.63, 3.8) is 0 Å². The molecule has 0 aliphatic heterocycles. The Labute approximate surface area is 145 Å². The lowest BCUT2D eigenvalue weighted by Crippen LogP contribution is -2.21. The van der Waals surface area contributed by atoms with E-state index in [1.165, 1.54) is 6.07 Å². The fraction of sp³-hybridized carbons (Fsp3) is 0.263. The number of nitrogens with one attached hydrogen (secondary N) is 1. The van der Waals surface area contributed by atoms with Crippen LogP contribution in [0.15, 0.2) is 42.5 Å². The number of ether oxygens (including phenoxy) is 2. The molecule has 0 saturated carbocycles. The Hall–Kier alpha value is -2.89. The predicted octanol–water partition coefficient (Wildman–Crippen LogP) is 3.26. The smallest absolute Gasteiger partial charge is 0.306 e. The van der Waals surface area contributed by atoms with Gasteiger partial charge < -0.3 is 14.8 Å². The minimum atomic E-state index is -0.520. The van der Waals surface area contributed by atoms with Gasteiger partial charge in [0.05, 0.1) is 7.11 Å². The summed E-state index contributed by atoms with van der Waals surface area (Å²) in [5.74, 6) is -0.717. The molecule has 0 aliphatic rings. The van der Waals surface area contributed by atoms with Crippen molar-refractivity contribution < 1.29 is 23.5 Å². The van der Waals surface area contributed by atoms with Gasteiger partial charge in [0.1, 0.15) is 11.6 Å². The number of para-hydroxylation sites is 1. The highest BCUT2D eigenvalue weighted by atomic mass is 19.1. The van der Waals surface area contributed by atoms with E-state index in [1.54, 1.807) is 26.2 Å². The molecule has 0 atom stereocenters. The van der Waals surface area contributed by atoms with Gasteiger partial charge in [-0.3, -0.25) is 9.59 Å². The molecular formula is C19H20FNO4. The third-order valence-corrected chi connectivity index (χ3v) is 3.61. The zero-order chi connectivity index (χ0) is 18.2. The zero-order valence-corrected chi connectivity index (χ0v) is 14.2. The topological polar surface area (TPSA) is 64.6 Å². The first kappa shape index (κ1) is 18.4. The molecule has 0 bridgehead atoms. The van der Waals surface area contributed by atoms with Crippen molar-refractivity contribution in [2.24, 2.45) is 0 Å². The number of anilines is 1. The lowest BCUT2D eigenvalue weighted by atomic mass is 10.1. The van der Waals surface area contributed by atoms with E-state index in [0.29, 0.717) is 23.4 Å². The van der Waals surface area contributed by atoms with Crippen LogP contribution in [0.1, 0.15) is 17.5 Å². The Morgan fingerprint density at radius 1 is 1.16 bits per heavy atom. The van der Waals surface area contributed by atoms with Gasteiger partial charge in [-0.15, -0.1) is 0 Å². The molecule has 0 unspecified atom stereocenters. The molecule has 1 N–H and O–H groups in total. The van der Waals surface area contributed by atoms with E-state index in [2.05, 4.69) is 5.32 Å². The SMILES string of the molecule is COc1ccccc1CCC(=O)OCC(=O)Nc1ccc(C)c(F)c1. The Morgan fingerprint density at radius 2 is 1.92 bits per heavy atom. The van der Waals surface area contributed by atoms with Crippen molar-refractivity contribution in [3.05, 3.63) is 59.4 Å². The second-order valence-corrected chi connectivity index (χ2v) is 5.48. The number of methoxy groups -OCH3 is 1. The maximum absolute atomic E-state index is 13.4. The molecule has 0 aromatic heterocycles. The van der Waals surface area contributed by atoms with Crippen LogP contribution in [0.5, 0.6) is 5.75 Å². The summed E-state index contributed by atoms with van der Waals surface area (Å²) in [5.41, 5.74) is 1.69. The molecule has 25 heavy (non-hydrogen) atoms. The van der Waals surface area contributed by atoms with E-state index < -0.39 is 24.3 Å². The molecule has 0 saturated heterocycles. The molecular weight excluding hydrogens is 325 g/mol. The molecule has 1 amide bonds. The molecule has 132 valence electrons. The van der Waals surface area contributed by atoms with Crippen LogP contribution in [0.25, 0.3) is 0 Å². The van der Waals surface area contributed by atoms with E-state index in [-0.39, 0.29) is 6.42 Å². The fourth-order valence-corrected chi connectivity index (χ4v) is 2.23. The minimum absolute atomic E-state index is 0.132. The first-order valence-electron chi connectivity index (χ1n) is 7.83. The Kier molecular flexibility index (Phi) is 6.51. The fourth-order valence-electron chi connectivity index (χ4n) is 2.23. The molecule has 2 aromatic rings. The van der Waals surface area contributed by atoms with E-state index in [1.807, 2.05) is 24.3 Å². The number of rotatable bonds is 7. The summed E-state index contributed by atoms with van der Waals surface area (Å²) in [7, 11) is 1.56. The number of carbonyl (C=O) groups is 2. The highest BCUT2D eigenvalue weighted by molar-refractivity contribution is 5.92. The number of carbonyl (C=O) groups excluding carboxylic acids is 2. The van der Waals surface area contributed by atoms with Crippen LogP contribution in [0, 0.1) is 12.7 Å². The number of hydrogen-bond acceptors (Lipinski definition) is 4. The van der Waals surface area contributed by atoms with Crippen molar-refractivity contribution in [3.8, 4) is 5.75 Å². The standard InChI is InChI=1S/C19H20FNO4/c1-13-7-9-15(11-16(13)20)21-18(22)12-25-19(23)10-8-14-5-3-4-6-17(14)24-2/h3-7,9,11H,8,10,12H2,1-2H3,(H,21,22). The Bertz CT molecular complexity index is 761. The number of esters is 1. The summed E-state index contributed by atoms with van der Waals surface area (Å²) in [6, 6.07) is 11.7. The summed E-state index contributed by atoms with van der Waals surface area (Å²) >= 11 is 0. The van der Waals surface area contributed by atoms with Crippen molar-refractivity contribution >= 4 is 17.6 Å². The van der Waals surface area contributed by atoms with Crippen LogP contribution in [0.3, 0.4) is 0 Å². The average molecular weight is 345 g/mol. The molecule has 6 heteroatoms. The van der Waals surface area contributed by atoms with Crippen molar-refractivity contribution in [1.82, 2.24) is 0 Å². The highest BCUT2D eigenvalue weighted by Crippen LogP contribution is 2.19. The molecule has 2 aromatic carbocycles. The second kappa shape index (κ2) is 8.82. The van der Waals surface area contributed by atoms with E-state index in [9.17, 15) is 14.0 Å². The van der Waals surface area contributed by atoms with Crippen molar-refractivity contribution in [2.75, 3.05) is 19.0 Å². The van der Waals surface area contributed by atoms with Gasteiger partial charge >= 0.3 is 5.97 Å². The quantitative estimate of drug-likeness (QED) is 0.783. The lowest BCUT2D eigenvalue weighted by molar-refractivity contribution is -0.147. The first-order chi connectivity index (χ1) is 12.0. The Balaban J connectivity index is 1.77. The minimum Gasteiger partial charge on any atom is -0.496 e. The number of amides is 1. The predicted molar refractivity (Wildman–Crippen MR) is 92.0 cm³/mol. The normalized spacial score (nSPS) is 10.2. The molecule has 0 spiro atoms. The summed E-state index contributed by atoms with van der Waals surface area (Å²) in [4.78, 5) is 23.5.